The van der Waals surface area contributed by atoms with Crippen LogP contribution in [0.25, 0.3) is 11.6 Å². The van der Waals surface area contributed by atoms with Gasteiger partial charge in [-0.25, -0.2) is 0 Å². The normalized spacial score (nSPS) is 10.6. The number of methoxy groups -OCH3 is 1. The van der Waals surface area contributed by atoms with E-state index in [0.29, 0.717) is 17.0 Å². The number of aromatic nitrogens is 4. The van der Waals surface area contributed by atoms with E-state index in [9.17, 15) is 4.79 Å². The van der Waals surface area contributed by atoms with Crippen LogP contribution in [-0.2, 0) is 7.05 Å². The van der Waals surface area contributed by atoms with Crippen LogP contribution in [0.4, 0.5) is 6.01 Å². The molecule has 0 unspecified atom stereocenters. The van der Waals surface area contributed by atoms with Crippen LogP contribution in [0.5, 0.6) is 5.75 Å². The molecular formula is C15H15N5O3. The Kier molecular flexibility index (Phi) is 3.80. The molecule has 0 aliphatic rings. The van der Waals surface area contributed by atoms with E-state index in [1.807, 2.05) is 13.0 Å². The van der Waals surface area contributed by atoms with Crippen LogP contribution < -0.4 is 10.1 Å². The Labute approximate surface area is 132 Å². The minimum atomic E-state index is -0.361. The van der Waals surface area contributed by atoms with Crippen molar-refractivity contribution >= 4 is 11.9 Å². The molecule has 3 aromatic rings. The van der Waals surface area contributed by atoms with Crippen molar-refractivity contribution in [2.45, 2.75) is 6.92 Å². The van der Waals surface area contributed by atoms with E-state index in [4.69, 9.17) is 9.15 Å². The van der Waals surface area contributed by atoms with E-state index >= 15 is 0 Å². The molecule has 8 heteroatoms. The first-order chi connectivity index (χ1) is 11.1. The maximum absolute atomic E-state index is 12.2. The molecule has 0 atom stereocenters. The number of nitrogens with zero attached hydrogens (tertiary/aromatic N) is 4. The summed E-state index contributed by atoms with van der Waals surface area (Å²) in [5, 5.41) is 14.5. The Balaban J connectivity index is 1.78. The number of ether oxygens (including phenoxy) is 1. The average Bonchev–Trinajstić information content (AvgIpc) is 3.13. The lowest BCUT2D eigenvalue weighted by atomic mass is 10.2. The molecule has 0 aliphatic carbocycles. The van der Waals surface area contributed by atoms with Gasteiger partial charge in [0.25, 0.3) is 11.8 Å². The number of amides is 1. The lowest BCUT2D eigenvalue weighted by molar-refractivity contribution is 0.102. The fourth-order valence-corrected chi connectivity index (χ4v) is 2.12. The molecular weight excluding hydrogens is 298 g/mol. The molecule has 2 aromatic heterocycles. The molecule has 3 rings (SSSR count). The number of aryl methyl sites for hydroxylation is 2. The molecule has 118 valence electrons. The molecule has 0 fully saturated rings. The molecule has 0 saturated carbocycles. The predicted octanol–water partition coefficient (Wildman–Crippen LogP) is 2.04. The van der Waals surface area contributed by atoms with Crippen molar-refractivity contribution in [1.82, 2.24) is 20.0 Å². The largest absolute Gasteiger partial charge is 0.497 e. The second-order valence-corrected chi connectivity index (χ2v) is 4.89. The molecule has 23 heavy (non-hydrogen) atoms. The third-order valence-corrected chi connectivity index (χ3v) is 3.20. The minimum absolute atomic E-state index is 0.0201. The molecule has 8 nitrogen and oxygen atoms in total. The number of hydrogen-bond donors (Lipinski definition) is 1. The van der Waals surface area contributed by atoms with Crippen molar-refractivity contribution in [3.8, 4) is 17.3 Å². The first-order valence-electron chi connectivity index (χ1n) is 6.87. The summed E-state index contributed by atoms with van der Waals surface area (Å²) in [5.74, 6) is 0.517. The summed E-state index contributed by atoms with van der Waals surface area (Å²) >= 11 is 0. The minimum Gasteiger partial charge on any atom is -0.497 e. The van der Waals surface area contributed by atoms with Crippen LogP contribution >= 0.6 is 0 Å². The van der Waals surface area contributed by atoms with Gasteiger partial charge in [0.15, 0.2) is 0 Å². The summed E-state index contributed by atoms with van der Waals surface area (Å²) in [6.07, 6.45) is 0. The second kappa shape index (κ2) is 5.91. The SMILES string of the molecule is COc1cccc(C(=O)Nc2nnc(-c3cc(C)nn3C)o2)c1. The summed E-state index contributed by atoms with van der Waals surface area (Å²) in [6.45, 7) is 1.87. The van der Waals surface area contributed by atoms with Crippen LogP contribution in [0.15, 0.2) is 34.7 Å². The fraction of sp³-hybridized carbons (Fsp3) is 0.200. The molecule has 1 N–H and O–H groups in total. The van der Waals surface area contributed by atoms with Gasteiger partial charge < -0.3 is 9.15 Å². The van der Waals surface area contributed by atoms with E-state index in [-0.39, 0.29) is 17.8 Å². The van der Waals surface area contributed by atoms with Crippen molar-refractivity contribution in [3.05, 3.63) is 41.6 Å². The Morgan fingerprint density at radius 3 is 2.83 bits per heavy atom. The third kappa shape index (κ3) is 3.05. The summed E-state index contributed by atoms with van der Waals surface area (Å²) < 4.78 is 12.2. The van der Waals surface area contributed by atoms with Gasteiger partial charge in [-0.1, -0.05) is 11.2 Å². The van der Waals surface area contributed by atoms with Crippen molar-refractivity contribution in [1.29, 1.82) is 0 Å². The number of rotatable bonds is 4. The summed E-state index contributed by atoms with van der Waals surface area (Å²) in [7, 11) is 3.32. The van der Waals surface area contributed by atoms with Gasteiger partial charge in [-0.05, 0) is 31.2 Å². The summed E-state index contributed by atoms with van der Waals surface area (Å²) in [6, 6.07) is 8.61. The van der Waals surface area contributed by atoms with Crippen molar-refractivity contribution < 1.29 is 13.9 Å². The van der Waals surface area contributed by atoms with Gasteiger partial charge in [0.05, 0.1) is 12.8 Å². The third-order valence-electron chi connectivity index (χ3n) is 3.20. The lowest BCUT2D eigenvalue weighted by Gasteiger charge is -2.03. The van der Waals surface area contributed by atoms with E-state index in [0.717, 1.165) is 5.69 Å². The highest BCUT2D eigenvalue weighted by Gasteiger charge is 2.15. The maximum atomic E-state index is 12.2. The van der Waals surface area contributed by atoms with Crippen molar-refractivity contribution in [3.63, 3.8) is 0 Å². The highest BCUT2D eigenvalue weighted by molar-refractivity contribution is 6.03. The standard InChI is InChI=1S/C15H15N5O3/c1-9-7-12(20(2)19-9)14-17-18-15(23-14)16-13(21)10-5-4-6-11(8-10)22-3/h4-8H,1-3H3,(H,16,18,21). The van der Waals surface area contributed by atoms with E-state index in [1.165, 1.54) is 7.11 Å². The van der Waals surface area contributed by atoms with Crippen LogP contribution in [0.3, 0.4) is 0 Å². The quantitative estimate of drug-likeness (QED) is 0.792. The van der Waals surface area contributed by atoms with Gasteiger partial charge in [0.1, 0.15) is 11.4 Å². The van der Waals surface area contributed by atoms with Gasteiger partial charge in [0, 0.05) is 12.6 Å². The highest BCUT2D eigenvalue weighted by atomic mass is 16.5. The predicted molar refractivity (Wildman–Crippen MR) is 82.2 cm³/mol. The monoisotopic (exact) mass is 313 g/mol. The molecule has 0 spiro atoms. The molecule has 0 aliphatic heterocycles. The van der Waals surface area contributed by atoms with Crippen LogP contribution in [0, 0.1) is 6.92 Å². The molecule has 1 amide bonds. The summed E-state index contributed by atoms with van der Waals surface area (Å²) in [5.41, 5.74) is 1.94. The van der Waals surface area contributed by atoms with Crippen LogP contribution in [0.2, 0.25) is 0 Å². The van der Waals surface area contributed by atoms with Gasteiger partial charge >= 0.3 is 6.01 Å². The van der Waals surface area contributed by atoms with Crippen molar-refractivity contribution in [2.75, 3.05) is 12.4 Å². The Bertz CT molecular complexity index is 852. The number of hydrogen-bond acceptors (Lipinski definition) is 6. The second-order valence-electron chi connectivity index (χ2n) is 4.89. The maximum Gasteiger partial charge on any atom is 0.322 e. The van der Waals surface area contributed by atoms with E-state index < -0.39 is 0 Å². The summed E-state index contributed by atoms with van der Waals surface area (Å²) in [4.78, 5) is 12.2. The topological polar surface area (TPSA) is 95.1 Å². The Morgan fingerprint density at radius 1 is 1.30 bits per heavy atom. The first-order valence-corrected chi connectivity index (χ1v) is 6.87. The Hall–Kier alpha value is -3.16. The van der Waals surface area contributed by atoms with E-state index in [2.05, 4.69) is 20.6 Å². The molecule has 0 radical (unpaired) electrons. The zero-order chi connectivity index (χ0) is 16.4. The van der Waals surface area contributed by atoms with E-state index in [1.54, 1.807) is 36.0 Å². The number of benzene rings is 1. The number of carbonyl (C=O) groups excluding carboxylic acids is 1. The van der Waals surface area contributed by atoms with Gasteiger partial charge in [-0.2, -0.15) is 5.10 Å². The molecule has 0 bridgehead atoms. The average molecular weight is 313 g/mol. The highest BCUT2D eigenvalue weighted by Crippen LogP contribution is 2.21. The zero-order valence-corrected chi connectivity index (χ0v) is 12.9. The van der Waals surface area contributed by atoms with Gasteiger partial charge in [0.2, 0.25) is 0 Å². The fourth-order valence-electron chi connectivity index (χ4n) is 2.12. The number of anilines is 1. The number of carbonyl (C=O) groups is 1. The Morgan fingerprint density at radius 2 is 2.13 bits per heavy atom. The molecule has 2 heterocycles. The van der Waals surface area contributed by atoms with Gasteiger partial charge in [-0.3, -0.25) is 14.8 Å². The molecule has 0 saturated heterocycles. The molecule has 1 aromatic carbocycles. The lowest BCUT2D eigenvalue weighted by Crippen LogP contribution is -2.12. The van der Waals surface area contributed by atoms with Gasteiger partial charge in [-0.15, -0.1) is 5.10 Å². The van der Waals surface area contributed by atoms with Crippen molar-refractivity contribution in [2.24, 2.45) is 7.05 Å². The van der Waals surface area contributed by atoms with Crippen LogP contribution in [0.1, 0.15) is 16.1 Å². The zero-order valence-electron chi connectivity index (χ0n) is 12.9. The van der Waals surface area contributed by atoms with Crippen LogP contribution in [-0.4, -0.2) is 33.0 Å². The first kappa shape index (κ1) is 14.8. The smallest absolute Gasteiger partial charge is 0.322 e. The number of nitrogens with one attached hydrogen (secondary N) is 1.